The minimum absolute atomic E-state index is 0.0515. The van der Waals surface area contributed by atoms with Gasteiger partial charge in [-0.05, 0) is 60.6 Å². The van der Waals surface area contributed by atoms with Crippen LogP contribution in [0.2, 0.25) is 0 Å². The van der Waals surface area contributed by atoms with E-state index in [9.17, 15) is 14.0 Å². The second-order valence-electron chi connectivity index (χ2n) is 8.93. The van der Waals surface area contributed by atoms with Crippen LogP contribution < -0.4 is 10.1 Å². The number of H-pyrrole nitrogens is 1. The molecule has 1 aromatic heterocycles. The van der Waals surface area contributed by atoms with E-state index in [1.165, 1.54) is 23.8 Å². The summed E-state index contributed by atoms with van der Waals surface area (Å²) in [5, 5.41) is 3.91. The molecule has 0 saturated carbocycles. The number of nitrogens with one attached hydrogen (secondary N) is 2. The van der Waals surface area contributed by atoms with Crippen molar-refractivity contribution in [1.29, 1.82) is 0 Å². The number of methoxy groups -OCH3 is 1. The average Bonchev–Trinajstić information content (AvgIpc) is 3.25. The van der Waals surface area contributed by atoms with E-state index < -0.39 is 17.8 Å². The summed E-state index contributed by atoms with van der Waals surface area (Å²) in [7, 11) is 1.66. The molecule has 1 unspecified atom stereocenters. The number of hydrogen-bond donors (Lipinski definition) is 2. The second-order valence-corrected chi connectivity index (χ2v) is 8.93. The smallest absolute Gasteiger partial charge is 0.254 e. The maximum atomic E-state index is 14.0. The lowest BCUT2D eigenvalue weighted by Gasteiger charge is -2.35. The zero-order valence-corrected chi connectivity index (χ0v) is 19.2. The normalized spacial score (nSPS) is 15.6. The number of nitrogens with zero attached hydrogens (tertiary/aromatic N) is 1. The Morgan fingerprint density at radius 1 is 1.15 bits per heavy atom. The van der Waals surface area contributed by atoms with E-state index in [1.807, 2.05) is 36.9 Å². The number of rotatable bonds is 6. The summed E-state index contributed by atoms with van der Waals surface area (Å²) < 4.78 is 19.4. The highest BCUT2D eigenvalue weighted by Gasteiger charge is 2.32. The van der Waals surface area contributed by atoms with Crippen molar-refractivity contribution in [2.45, 2.75) is 38.6 Å². The van der Waals surface area contributed by atoms with Gasteiger partial charge >= 0.3 is 0 Å². The SMILES string of the molecule is COc1ccc2[nH]cc(C3CCN(C(=O)C(NC(=O)c4ccccc4F)C(C)C)CC3)c2c1. The predicted octanol–water partition coefficient (Wildman–Crippen LogP) is 4.48. The first-order valence-corrected chi connectivity index (χ1v) is 11.4. The molecule has 1 saturated heterocycles. The van der Waals surface area contributed by atoms with Crippen molar-refractivity contribution in [2.24, 2.45) is 5.92 Å². The number of piperidine rings is 1. The van der Waals surface area contributed by atoms with Crippen LogP contribution in [0.25, 0.3) is 10.9 Å². The number of halogens is 1. The Labute approximate surface area is 193 Å². The number of fused-ring (bicyclic) bond motifs is 1. The van der Waals surface area contributed by atoms with E-state index in [0.717, 1.165) is 29.5 Å². The zero-order chi connectivity index (χ0) is 23.5. The van der Waals surface area contributed by atoms with Gasteiger partial charge in [-0.15, -0.1) is 0 Å². The van der Waals surface area contributed by atoms with Gasteiger partial charge in [0.05, 0.1) is 12.7 Å². The Bertz CT molecular complexity index is 1150. The first-order chi connectivity index (χ1) is 15.9. The summed E-state index contributed by atoms with van der Waals surface area (Å²) >= 11 is 0. The molecule has 2 amide bonds. The third kappa shape index (κ3) is 4.72. The predicted molar refractivity (Wildman–Crippen MR) is 126 cm³/mol. The minimum Gasteiger partial charge on any atom is -0.497 e. The largest absolute Gasteiger partial charge is 0.497 e. The third-order valence-electron chi connectivity index (χ3n) is 6.51. The number of likely N-dealkylation sites (tertiary alicyclic amines) is 1. The monoisotopic (exact) mass is 451 g/mol. The highest BCUT2D eigenvalue weighted by atomic mass is 19.1. The fraction of sp³-hybridized carbons (Fsp3) is 0.385. The molecule has 7 heteroatoms. The lowest BCUT2D eigenvalue weighted by molar-refractivity contribution is -0.135. The number of ether oxygens (including phenoxy) is 1. The van der Waals surface area contributed by atoms with E-state index in [0.29, 0.717) is 19.0 Å². The number of aromatic amines is 1. The number of amides is 2. The van der Waals surface area contributed by atoms with Gasteiger partial charge in [0.15, 0.2) is 0 Å². The topological polar surface area (TPSA) is 74.4 Å². The van der Waals surface area contributed by atoms with E-state index in [4.69, 9.17) is 4.74 Å². The number of benzene rings is 2. The molecular formula is C26H30FN3O3. The highest BCUT2D eigenvalue weighted by molar-refractivity contribution is 5.97. The zero-order valence-electron chi connectivity index (χ0n) is 19.2. The van der Waals surface area contributed by atoms with E-state index in [1.54, 1.807) is 13.2 Å². The van der Waals surface area contributed by atoms with Crippen LogP contribution >= 0.6 is 0 Å². The second kappa shape index (κ2) is 9.65. The molecule has 0 spiro atoms. The van der Waals surface area contributed by atoms with Crippen LogP contribution in [0.5, 0.6) is 5.75 Å². The van der Waals surface area contributed by atoms with Crippen molar-refractivity contribution >= 4 is 22.7 Å². The van der Waals surface area contributed by atoms with E-state index in [-0.39, 0.29) is 17.4 Å². The van der Waals surface area contributed by atoms with Crippen molar-refractivity contribution in [3.63, 3.8) is 0 Å². The standard InChI is InChI=1S/C26H30FN3O3/c1-16(2)24(29-25(31)19-6-4-5-7-22(19)27)26(32)30-12-10-17(11-13-30)21-15-28-23-9-8-18(33-3)14-20(21)23/h4-9,14-17,24,28H,10-13H2,1-3H3,(H,29,31). The molecule has 1 aliphatic heterocycles. The highest BCUT2D eigenvalue weighted by Crippen LogP contribution is 2.35. The van der Waals surface area contributed by atoms with Crippen LogP contribution in [0, 0.1) is 11.7 Å². The van der Waals surface area contributed by atoms with Crippen LogP contribution in [0.15, 0.2) is 48.7 Å². The lowest BCUT2D eigenvalue weighted by atomic mass is 9.88. The first kappa shape index (κ1) is 22.8. The fourth-order valence-electron chi connectivity index (χ4n) is 4.57. The van der Waals surface area contributed by atoms with Crippen LogP contribution in [0.4, 0.5) is 4.39 Å². The van der Waals surface area contributed by atoms with Crippen LogP contribution in [0.3, 0.4) is 0 Å². The molecule has 0 bridgehead atoms. The number of carbonyl (C=O) groups excluding carboxylic acids is 2. The molecule has 1 atom stereocenters. The first-order valence-electron chi connectivity index (χ1n) is 11.4. The summed E-state index contributed by atoms with van der Waals surface area (Å²) in [6, 6.07) is 11.1. The fourth-order valence-corrected chi connectivity index (χ4v) is 4.57. The van der Waals surface area contributed by atoms with Gasteiger partial charge < -0.3 is 19.9 Å². The maximum Gasteiger partial charge on any atom is 0.254 e. The summed E-state index contributed by atoms with van der Waals surface area (Å²) in [5.74, 6) is -0.244. The Morgan fingerprint density at radius 3 is 2.55 bits per heavy atom. The molecule has 2 N–H and O–H groups in total. The van der Waals surface area contributed by atoms with E-state index in [2.05, 4.69) is 16.5 Å². The Kier molecular flexibility index (Phi) is 6.67. The van der Waals surface area contributed by atoms with Crippen molar-refractivity contribution in [2.75, 3.05) is 20.2 Å². The molecule has 1 aliphatic rings. The quantitative estimate of drug-likeness (QED) is 0.581. The van der Waals surface area contributed by atoms with Gasteiger partial charge in [0.1, 0.15) is 17.6 Å². The summed E-state index contributed by atoms with van der Waals surface area (Å²) in [4.78, 5) is 31.0. The molecule has 1 fully saturated rings. The van der Waals surface area contributed by atoms with Crippen LogP contribution in [0.1, 0.15) is 48.5 Å². The van der Waals surface area contributed by atoms with Crippen molar-refractivity contribution in [3.05, 3.63) is 65.6 Å². The van der Waals surface area contributed by atoms with Crippen LogP contribution in [-0.4, -0.2) is 47.9 Å². The van der Waals surface area contributed by atoms with Gasteiger partial charge in [0.2, 0.25) is 5.91 Å². The Morgan fingerprint density at radius 2 is 1.88 bits per heavy atom. The molecule has 33 heavy (non-hydrogen) atoms. The third-order valence-corrected chi connectivity index (χ3v) is 6.51. The van der Waals surface area contributed by atoms with Crippen LogP contribution in [-0.2, 0) is 4.79 Å². The molecule has 0 aliphatic carbocycles. The Balaban J connectivity index is 1.43. The van der Waals surface area contributed by atoms with Crippen molar-refractivity contribution < 1.29 is 18.7 Å². The van der Waals surface area contributed by atoms with Gasteiger partial charge in [0, 0.05) is 30.2 Å². The molecule has 4 rings (SSSR count). The number of carbonyl (C=O) groups is 2. The summed E-state index contributed by atoms with van der Waals surface area (Å²) in [6.07, 6.45) is 3.72. The number of hydrogen-bond acceptors (Lipinski definition) is 3. The van der Waals surface area contributed by atoms with Gasteiger partial charge in [-0.1, -0.05) is 26.0 Å². The Hall–Kier alpha value is -3.35. The maximum absolute atomic E-state index is 14.0. The molecule has 2 heterocycles. The minimum atomic E-state index is -0.703. The molecule has 0 radical (unpaired) electrons. The van der Waals surface area contributed by atoms with Gasteiger partial charge in [-0.3, -0.25) is 9.59 Å². The van der Waals surface area contributed by atoms with E-state index >= 15 is 0 Å². The van der Waals surface area contributed by atoms with Gasteiger partial charge in [0.25, 0.3) is 5.91 Å². The van der Waals surface area contributed by atoms with Gasteiger partial charge in [-0.2, -0.15) is 0 Å². The number of aromatic nitrogens is 1. The summed E-state index contributed by atoms with van der Waals surface area (Å²) in [6.45, 7) is 4.99. The lowest BCUT2D eigenvalue weighted by Crippen LogP contribution is -2.53. The summed E-state index contributed by atoms with van der Waals surface area (Å²) in [5.41, 5.74) is 2.26. The van der Waals surface area contributed by atoms with Gasteiger partial charge in [-0.25, -0.2) is 4.39 Å². The van der Waals surface area contributed by atoms with Crippen molar-refractivity contribution in [1.82, 2.24) is 15.2 Å². The molecular weight excluding hydrogens is 421 g/mol. The van der Waals surface area contributed by atoms with Crippen molar-refractivity contribution in [3.8, 4) is 5.75 Å². The average molecular weight is 452 g/mol. The molecule has 174 valence electrons. The molecule has 2 aromatic carbocycles. The molecule has 3 aromatic rings. The molecule has 6 nitrogen and oxygen atoms in total.